The maximum absolute atomic E-state index is 7.56. The molecule has 0 atom stereocenters. The van der Waals surface area contributed by atoms with Crippen LogP contribution >= 0.6 is 6.72 Å². The summed E-state index contributed by atoms with van der Waals surface area (Å²) >= 11 is 3.60. The lowest BCUT2D eigenvalue weighted by Crippen LogP contribution is -1.65. The zero-order valence-corrected chi connectivity index (χ0v) is 3.91. The van der Waals surface area contributed by atoms with Crippen molar-refractivity contribution in [2.75, 3.05) is 0 Å². The molecule has 6 heavy (non-hydrogen) atoms. The standard InChI is InChI=1S/BH3.H3O3PS/c;1-4(2,3)5/h1H3;(H3,1,2,3,5). The molecule has 0 aromatic rings. The minimum absolute atomic E-state index is 0. The molecule has 0 saturated heterocycles. The summed E-state index contributed by atoms with van der Waals surface area (Å²) in [7, 11) is 0. The topological polar surface area (TPSA) is 60.7 Å². The van der Waals surface area contributed by atoms with E-state index in [1.54, 1.807) is 0 Å². The molecule has 0 aliphatic rings. The minimum Gasteiger partial charge on any atom is -0.325 e. The molecule has 3 N–H and O–H groups in total. The molecule has 0 saturated carbocycles. The van der Waals surface area contributed by atoms with E-state index in [9.17, 15) is 0 Å². The Kier molecular flexibility index (Phi) is 4.43. The summed E-state index contributed by atoms with van der Waals surface area (Å²) in [6, 6.07) is 0. The highest BCUT2D eigenvalue weighted by atomic mass is 32.5. The predicted molar refractivity (Wildman–Crippen MR) is 30.9 cm³/mol. The van der Waals surface area contributed by atoms with Gasteiger partial charge < -0.3 is 14.7 Å². The number of hydrogen-bond acceptors (Lipinski definition) is 1. The van der Waals surface area contributed by atoms with Crippen molar-refractivity contribution < 1.29 is 14.7 Å². The van der Waals surface area contributed by atoms with E-state index in [-0.39, 0.29) is 8.41 Å². The van der Waals surface area contributed by atoms with Gasteiger partial charge >= 0.3 is 6.72 Å². The van der Waals surface area contributed by atoms with Crippen LogP contribution in [0.2, 0.25) is 0 Å². The zero-order valence-electron chi connectivity index (χ0n) is 2.20. The molecular weight excluding hydrogens is 122 g/mol. The molecule has 3 nitrogen and oxygen atoms in total. The average molecular weight is 128 g/mol. The van der Waals surface area contributed by atoms with Gasteiger partial charge in [-0.15, -0.1) is 0 Å². The van der Waals surface area contributed by atoms with Crippen LogP contribution in [-0.4, -0.2) is 23.1 Å². The molecule has 38 valence electrons. The fourth-order valence-electron chi connectivity index (χ4n) is 0. The quantitative estimate of drug-likeness (QED) is 0.261. The summed E-state index contributed by atoms with van der Waals surface area (Å²) in [6.45, 7) is -3.81. The van der Waals surface area contributed by atoms with E-state index in [2.05, 4.69) is 11.8 Å². The molecular formula is H6BO3PS. The molecule has 0 fully saturated rings. The van der Waals surface area contributed by atoms with Gasteiger partial charge in [-0.05, 0) is 11.8 Å². The van der Waals surface area contributed by atoms with Crippen LogP contribution in [0.5, 0.6) is 0 Å². The van der Waals surface area contributed by atoms with Crippen LogP contribution in [0.1, 0.15) is 0 Å². The fraction of sp³-hybridized carbons (Fsp3) is 0. The fourth-order valence-corrected chi connectivity index (χ4v) is 0. The minimum atomic E-state index is -3.81. The second-order valence-electron chi connectivity index (χ2n) is 0.513. The molecule has 0 amide bonds. The van der Waals surface area contributed by atoms with Gasteiger partial charge in [0.05, 0.1) is 8.41 Å². The number of rotatable bonds is 0. The summed E-state index contributed by atoms with van der Waals surface area (Å²) in [5.41, 5.74) is 0. The second kappa shape index (κ2) is 2.72. The highest BCUT2D eigenvalue weighted by Crippen LogP contribution is 2.26. The Bertz CT molecular complexity index is 56.9. The van der Waals surface area contributed by atoms with Crippen LogP contribution in [0, 0.1) is 0 Å². The lowest BCUT2D eigenvalue weighted by atomic mass is 10.8. The summed E-state index contributed by atoms with van der Waals surface area (Å²) < 4.78 is 0. The SMILES string of the molecule is B.OP(O)(O)=S. The summed E-state index contributed by atoms with van der Waals surface area (Å²) in [6.07, 6.45) is 0. The second-order valence-corrected chi connectivity index (χ2v) is 3.01. The Morgan fingerprint density at radius 1 is 1.17 bits per heavy atom. The van der Waals surface area contributed by atoms with Gasteiger partial charge in [0.2, 0.25) is 0 Å². The maximum Gasteiger partial charge on any atom is 0.319 e. The molecule has 0 rings (SSSR count). The van der Waals surface area contributed by atoms with Crippen molar-refractivity contribution >= 4 is 26.9 Å². The normalized spacial score (nSPS) is 9.83. The van der Waals surface area contributed by atoms with Crippen LogP contribution in [0.4, 0.5) is 0 Å². The van der Waals surface area contributed by atoms with Crippen molar-refractivity contribution in [3.63, 3.8) is 0 Å². The van der Waals surface area contributed by atoms with Crippen molar-refractivity contribution in [1.82, 2.24) is 0 Å². The van der Waals surface area contributed by atoms with E-state index in [1.165, 1.54) is 0 Å². The van der Waals surface area contributed by atoms with Crippen LogP contribution in [0.15, 0.2) is 0 Å². The number of hydrogen-bond donors (Lipinski definition) is 3. The molecule has 0 spiro atoms. The summed E-state index contributed by atoms with van der Waals surface area (Å²) in [5, 5.41) is 0. The van der Waals surface area contributed by atoms with Gasteiger partial charge in [0.15, 0.2) is 0 Å². The first kappa shape index (κ1) is 9.78. The van der Waals surface area contributed by atoms with E-state index in [0.717, 1.165) is 0 Å². The van der Waals surface area contributed by atoms with Crippen molar-refractivity contribution in [3.05, 3.63) is 0 Å². The van der Waals surface area contributed by atoms with Crippen molar-refractivity contribution in [2.24, 2.45) is 0 Å². The lowest BCUT2D eigenvalue weighted by Gasteiger charge is -1.88. The van der Waals surface area contributed by atoms with Gasteiger partial charge in [-0.2, -0.15) is 0 Å². The third-order valence-corrected chi connectivity index (χ3v) is 0. The third-order valence-electron chi connectivity index (χ3n) is 0. The highest BCUT2D eigenvalue weighted by Gasteiger charge is 1.92. The largest absolute Gasteiger partial charge is 0.325 e. The Morgan fingerprint density at radius 2 is 1.17 bits per heavy atom. The zero-order chi connectivity index (χ0) is 4.50. The average Bonchev–Trinajstić information content (AvgIpc) is 0.722. The Morgan fingerprint density at radius 3 is 1.17 bits per heavy atom. The molecule has 0 unspecified atom stereocenters. The maximum atomic E-state index is 7.56. The van der Waals surface area contributed by atoms with Gasteiger partial charge in [0, 0.05) is 0 Å². The van der Waals surface area contributed by atoms with Crippen LogP contribution in [-0.2, 0) is 11.8 Å². The predicted octanol–water partition coefficient (Wildman–Crippen LogP) is -2.00. The van der Waals surface area contributed by atoms with Crippen LogP contribution in [0.3, 0.4) is 0 Å². The molecule has 0 aromatic carbocycles. The molecule has 0 heterocycles. The van der Waals surface area contributed by atoms with Gasteiger partial charge in [-0.25, -0.2) is 0 Å². The van der Waals surface area contributed by atoms with Gasteiger partial charge in [0.25, 0.3) is 0 Å². The van der Waals surface area contributed by atoms with E-state index >= 15 is 0 Å². The van der Waals surface area contributed by atoms with Crippen LogP contribution in [0.25, 0.3) is 0 Å². The van der Waals surface area contributed by atoms with Crippen molar-refractivity contribution in [1.29, 1.82) is 0 Å². The van der Waals surface area contributed by atoms with E-state index < -0.39 is 6.72 Å². The van der Waals surface area contributed by atoms with Crippen molar-refractivity contribution in [3.8, 4) is 0 Å². The Labute approximate surface area is 42.5 Å². The van der Waals surface area contributed by atoms with Crippen LogP contribution < -0.4 is 0 Å². The first-order chi connectivity index (χ1) is 2.00. The first-order valence-electron chi connectivity index (χ1n) is 0.783. The molecule has 0 radical (unpaired) electrons. The monoisotopic (exact) mass is 128 g/mol. The highest BCUT2D eigenvalue weighted by molar-refractivity contribution is 8.06. The molecule has 0 aromatic heterocycles. The van der Waals surface area contributed by atoms with E-state index in [0.29, 0.717) is 0 Å². The van der Waals surface area contributed by atoms with Gasteiger partial charge in [0.1, 0.15) is 0 Å². The Hall–Kier alpha value is 0.595. The lowest BCUT2D eigenvalue weighted by molar-refractivity contribution is 0.363. The Balaban J connectivity index is 0. The van der Waals surface area contributed by atoms with E-state index in [4.69, 9.17) is 14.7 Å². The summed E-state index contributed by atoms with van der Waals surface area (Å²) in [5.74, 6) is 0. The molecule has 0 aliphatic heterocycles. The smallest absolute Gasteiger partial charge is 0.319 e. The molecule has 0 aliphatic carbocycles. The van der Waals surface area contributed by atoms with Gasteiger partial charge in [-0.1, -0.05) is 0 Å². The van der Waals surface area contributed by atoms with Crippen molar-refractivity contribution in [2.45, 2.75) is 0 Å². The third kappa shape index (κ3) is 168. The molecule has 6 heteroatoms. The van der Waals surface area contributed by atoms with Gasteiger partial charge in [-0.3, -0.25) is 0 Å². The van der Waals surface area contributed by atoms with E-state index in [1.807, 2.05) is 0 Å². The molecule has 0 bridgehead atoms. The summed E-state index contributed by atoms with van der Waals surface area (Å²) in [4.78, 5) is 22.7. The first-order valence-corrected chi connectivity index (χ1v) is 3.44.